The van der Waals surface area contributed by atoms with Crippen molar-refractivity contribution in [2.24, 2.45) is 11.8 Å². The van der Waals surface area contributed by atoms with Crippen molar-refractivity contribution in [3.8, 4) is 0 Å². The number of hydrogen-bond acceptors (Lipinski definition) is 0. The fourth-order valence-corrected chi connectivity index (χ4v) is 3.51. The first-order valence-electron chi connectivity index (χ1n) is 6.75. The highest BCUT2D eigenvalue weighted by atomic mass is 14.3. The summed E-state index contributed by atoms with van der Waals surface area (Å²) in [7, 11) is 4.86. The molecule has 0 unspecified atom stereocenters. The van der Waals surface area contributed by atoms with Crippen molar-refractivity contribution in [3.63, 3.8) is 0 Å². The van der Waals surface area contributed by atoms with E-state index in [0.717, 1.165) is 23.5 Å². The molecule has 2 saturated carbocycles. The van der Waals surface area contributed by atoms with Crippen molar-refractivity contribution in [2.75, 3.05) is 0 Å². The van der Waals surface area contributed by atoms with Crippen LogP contribution in [0.1, 0.15) is 51.4 Å². The van der Waals surface area contributed by atoms with Gasteiger partial charge in [-0.05, 0) is 11.8 Å². The van der Waals surface area contributed by atoms with Gasteiger partial charge in [-0.1, -0.05) is 63.0 Å². The molecule has 0 amide bonds. The molecule has 0 radical (unpaired) electrons. The highest BCUT2D eigenvalue weighted by Crippen LogP contribution is 2.42. The predicted octanol–water partition coefficient (Wildman–Crippen LogP) is 2.21. The second-order valence-corrected chi connectivity index (χ2v) is 6.04. The van der Waals surface area contributed by atoms with Crippen molar-refractivity contribution < 1.29 is 0 Å². The van der Waals surface area contributed by atoms with E-state index in [1.165, 1.54) is 25.7 Å². The standard InChI is InChI=1S/C12H24B2/c13-11-5-1-9(2-6-11)10-3-7-12(14)8-4-10/h9-12H,1-8,13-14H2. The fourth-order valence-electron chi connectivity index (χ4n) is 3.51. The summed E-state index contributed by atoms with van der Waals surface area (Å²) in [4.78, 5) is 0. The van der Waals surface area contributed by atoms with Gasteiger partial charge in [0, 0.05) is 0 Å². The Morgan fingerprint density at radius 2 is 0.786 bits per heavy atom. The molecular weight excluding hydrogens is 166 g/mol. The molecule has 0 spiro atoms. The third kappa shape index (κ3) is 2.58. The first-order chi connectivity index (χ1) is 6.75. The number of rotatable bonds is 1. The topological polar surface area (TPSA) is 0 Å². The molecule has 0 aromatic carbocycles. The van der Waals surface area contributed by atoms with Crippen molar-refractivity contribution >= 4 is 15.7 Å². The van der Waals surface area contributed by atoms with Crippen LogP contribution >= 0.6 is 0 Å². The Hall–Kier alpha value is 0.130. The zero-order valence-electron chi connectivity index (χ0n) is 9.97. The van der Waals surface area contributed by atoms with E-state index in [-0.39, 0.29) is 0 Å². The highest BCUT2D eigenvalue weighted by molar-refractivity contribution is 6.11. The van der Waals surface area contributed by atoms with Gasteiger partial charge in [-0.25, -0.2) is 0 Å². The lowest BCUT2D eigenvalue weighted by Gasteiger charge is -2.36. The summed E-state index contributed by atoms with van der Waals surface area (Å²) in [5, 5.41) is 0. The minimum absolute atomic E-state index is 1.02. The first kappa shape index (κ1) is 10.6. The van der Waals surface area contributed by atoms with Crippen LogP contribution < -0.4 is 0 Å². The van der Waals surface area contributed by atoms with E-state index in [0.29, 0.717) is 0 Å². The minimum atomic E-state index is 1.02. The van der Waals surface area contributed by atoms with Crippen LogP contribution in [0.3, 0.4) is 0 Å². The molecule has 78 valence electrons. The largest absolute Gasteiger partial charge is 0.105 e. The monoisotopic (exact) mass is 190 g/mol. The van der Waals surface area contributed by atoms with Crippen LogP contribution in [0.25, 0.3) is 0 Å². The molecule has 2 aliphatic carbocycles. The average molecular weight is 190 g/mol. The van der Waals surface area contributed by atoms with Crippen molar-refractivity contribution in [3.05, 3.63) is 0 Å². The van der Waals surface area contributed by atoms with Gasteiger partial charge in [-0.3, -0.25) is 0 Å². The molecule has 2 heteroatoms. The molecule has 0 heterocycles. The van der Waals surface area contributed by atoms with Gasteiger partial charge in [0.1, 0.15) is 15.7 Å². The Balaban J connectivity index is 1.78. The predicted molar refractivity (Wildman–Crippen MR) is 68.5 cm³/mol. The second kappa shape index (κ2) is 4.77. The summed E-state index contributed by atoms with van der Waals surface area (Å²) >= 11 is 0. The van der Waals surface area contributed by atoms with E-state index >= 15 is 0 Å². The average Bonchev–Trinajstić information content (AvgIpc) is 2.21. The van der Waals surface area contributed by atoms with Gasteiger partial charge < -0.3 is 0 Å². The molecule has 0 aromatic rings. The quantitative estimate of drug-likeness (QED) is 0.556. The molecule has 2 aliphatic rings. The molecule has 0 bridgehead atoms. The maximum absolute atomic E-state index is 2.43. The summed E-state index contributed by atoms with van der Waals surface area (Å²) in [5.74, 6) is 4.26. The summed E-state index contributed by atoms with van der Waals surface area (Å²) in [5.41, 5.74) is 0. The van der Waals surface area contributed by atoms with Gasteiger partial charge >= 0.3 is 0 Å². The fraction of sp³-hybridized carbons (Fsp3) is 1.00. The van der Waals surface area contributed by atoms with Crippen LogP contribution in [0.2, 0.25) is 11.6 Å². The molecule has 0 nitrogen and oxygen atoms in total. The van der Waals surface area contributed by atoms with Crippen LogP contribution in [0.4, 0.5) is 0 Å². The van der Waals surface area contributed by atoms with Gasteiger partial charge in [0.25, 0.3) is 0 Å². The smallest absolute Gasteiger partial charge is 0.0697 e. The van der Waals surface area contributed by atoms with Crippen LogP contribution in [0.15, 0.2) is 0 Å². The van der Waals surface area contributed by atoms with E-state index in [1.807, 2.05) is 0 Å². The molecule has 0 atom stereocenters. The van der Waals surface area contributed by atoms with Gasteiger partial charge in [-0.2, -0.15) is 0 Å². The van der Waals surface area contributed by atoms with Gasteiger partial charge in [-0.15, -0.1) is 0 Å². The maximum atomic E-state index is 2.43. The Kier molecular flexibility index (Phi) is 3.62. The van der Waals surface area contributed by atoms with Crippen LogP contribution in [0, 0.1) is 11.8 Å². The van der Waals surface area contributed by atoms with Crippen molar-refractivity contribution in [1.29, 1.82) is 0 Å². The SMILES string of the molecule is BC1CCC(C2CCC(B)CC2)CC1. The molecule has 0 aromatic heterocycles. The second-order valence-electron chi connectivity index (χ2n) is 6.04. The third-order valence-electron chi connectivity index (χ3n) is 4.79. The Morgan fingerprint density at radius 1 is 0.500 bits per heavy atom. The van der Waals surface area contributed by atoms with Gasteiger partial charge in [0.2, 0.25) is 0 Å². The zero-order valence-corrected chi connectivity index (χ0v) is 9.97. The van der Waals surface area contributed by atoms with E-state index in [2.05, 4.69) is 15.7 Å². The lowest BCUT2D eigenvalue weighted by atomic mass is 9.63. The van der Waals surface area contributed by atoms with Crippen LogP contribution in [-0.2, 0) is 0 Å². The number of hydrogen-bond donors (Lipinski definition) is 0. The molecule has 0 saturated heterocycles. The molecular formula is C12H24B2. The van der Waals surface area contributed by atoms with Crippen LogP contribution in [0.5, 0.6) is 0 Å². The summed E-state index contributed by atoms with van der Waals surface area (Å²) in [6.45, 7) is 0. The third-order valence-corrected chi connectivity index (χ3v) is 4.79. The Morgan fingerprint density at radius 3 is 1.07 bits per heavy atom. The Bertz CT molecular complexity index is 145. The summed E-state index contributed by atoms with van der Waals surface area (Å²) < 4.78 is 0. The van der Waals surface area contributed by atoms with E-state index in [4.69, 9.17) is 0 Å². The lowest BCUT2D eigenvalue weighted by Crippen LogP contribution is -2.23. The molecule has 0 aliphatic heterocycles. The van der Waals surface area contributed by atoms with E-state index in [9.17, 15) is 0 Å². The first-order valence-corrected chi connectivity index (χ1v) is 6.75. The Labute approximate surface area is 91.0 Å². The lowest BCUT2D eigenvalue weighted by molar-refractivity contribution is 0.196. The normalized spacial score (nSPS) is 44.9. The summed E-state index contributed by atoms with van der Waals surface area (Å²) in [6, 6.07) is 0. The molecule has 2 rings (SSSR count). The zero-order chi connectivity index (χ0) is 9.97. The maximum Gasteiger partial charge on any atom is 0.105 e. The highest BCUT2D eigenvalue weighted by Gasteiger charge is 2.28. The van der Waals surface area contributed by atoms with Gasteiger partial charge in [0.05, 0.1) is 0 Å². The van der Waals surface area contributed by atoms with Crippen molar-refractivity contribution in [1.82, 2.24) is 0 Å². The van der Waals surface area contributed by atoms with E-state index in [1.54, 1.807) is 25.7 Å². The van der Waals surface area contributed by atoms with Crippen LogP contribution in [-0.4, -0.2) is 15.7 Å². The molecule has 2 fully saturated rings. The summed E-state index contributed by atoms with van der Waals surface area (Å²) in [6.07, 6.45) is 12.2. The van der Waals surface area contributed by atoms with Gasteiger partial charge in [0.15, 0.2) is 0 Å². The molecule has 0 N–H and O–H groups in total. The molecule has 14 heavy (non-hydrogen) atoms. The van der Waals surface area contributed by atoms with E-state index < -0.39 is 0 Å². The van der Waals surface area contributed by atoms with Crippen molar-refractivity contribution in [2.45, 2.75) is 63.0 Å². The minimum Gasteiger partial charge on any atom is -0.0697 e.